The molecule has 8 nitrogen and oxygen atoms in total. The molecular formula is C13H17N7OS. The number of anilines is 1. The lowest BCUT2D eigenvalue weighted by Crippen LogP contribution is -2.24. The van der Waals surface area contributed by atoms with Gasteiger partial charge in [-0.1, -0.05) is 23.9 Å². The number of rotatable bonds is 5. The average molecular weight is 319 g/mol. The second-order valence-electron chi connectivity index (χ2n) is 4.96. The SMILES string of the molecule is Cn1nnnc1SCC(=O)Nc1cccc(C2CCNN2)c1. The van der Waals surface area contributed by atoms with Gasteiger partial charge in [-0.05, 0) is 34.5 Å². The molecule has 2 aromatic rings. The van der Waals surface area contributed by atoms with Crippen molar-refractivity contribution in [3.8, 4) is 0 Å². The number of hydrogen-bond donors (Lipinski definition) is 3. The molecule has 1 aliphatic rings. The van der Waals surface area contributed by atoms with Crippen molar-refractivity contribution < 1.29 is 4.79 Å². The van der Waals surface area contributed by atoms with E-state index in [2.05, 4.69) is 37.8 Å². The summed E-state index contributed by atoms with van der Waals surface area (Å²) >= 11 is 1.30. The normalized spacial score (nSPS) is 17.6. The maximum Gasteiger partial charge on any atom is 0.234 e. The third kappa shape index (κ3) is 3.62. The van der Waals surface area contributed by atoms with E-state index in [1.807, 2.05) is 18.2 Å². The monoisotopic (exact) mass is 319 g/mol. The molecule has 1 unspecified atom stereocenters. The molecule has 3 N–H and O–H groups in total. The summed E-state index contributed by atoms with van der Waals surface area (Å²) in [6.45, 7) is 0.948. The minimum Gasteiger partial charge on any atom is -0.325 e. The number of hydrazine groups is 1. The van der Waals surface area contributed by atoms with E-state index in [-0.39, 0.29) is 17.7 Å². The zero-order chi connectivity index (χ0) is 15.4. The molecule has 9 heteroatoms. The first-order valence-corrected chi connectivity index (χ1v) is 7.94. The Kier molecular flexibility index (Phi) is 4.66. The van der Waals surface area contributed by atoms with Crippen LogP contribution in [0.3, 0.4) is 0 Å². The summed E-state index contributed by atoms with van der Waals surface area (Å²) in [5.74, 6) is 0.185. The zero-order valence-corrected chi connectivity index (χ0v) is 12.9. The number of benzene rings is 1. The number of tetrazole rings is 1. The molecule has 1 aliphatic heterocycles. The lowest BCUT2D eigenvalue weighted by Gasteiger charge is -2.12. The van der Waals surface area contributed by atoms with Crippen LogP contribution >= 0.6 is 11.8 Å². The lowest BCUT2D eigenvalue weighted by molar-refractivity contribution is -0.113. The Labute approximate surface area is 132 Å². The Morgan fingerprint density at radius 1 is 1.55 bits per heavy atom. The largest absolute Gasteiger partial charge is 0.325 e. The number of carbonyl (C=O) groups is 1. The molecule has 1 aromatic carbocycles. The van der Waals surface area contributed by atoms with Gasteiger partial charge in [-0.2, -0.15) is 0 Å². The van der Waals surface area contributed by atoms with Gasteiger partial charge in [-0.15, -0.1) is 5.10 Å². The molecule has 1 amide bonds. The van der Waals surface area contributed by atoms with Crippen LogP contribution < -0.4 is 16.2 Å². The summed E-state index contributed by atoms with van der Waals surface area (Å²) in [5, 5.41) is 14.6. The summed E-state index contributed by atoms with van der Waals surface area (Å²) in [6.07, 6.45) is 1.03. The molecule has 0 radical (unpaired) electrons. The fourth-order valence-electron chi connectivity index (χ4n) is 2.24. The van der Waals surface area contributed by atoms with Crippen LogP contribution in [-0.2, 0) is 11.8 Å². The first-order valence-electron chi connectivity index (χ1n) is 6.96. The van der Waals surface area contributed by atoms with Crippen molar-refractivity contribution in [3.63, 3.8) is 0 Å². The van der Waals surface area contributed by atoms with Crippen molar-refractivity contribution >= 4 is 23.4 Å². The number of thioether (sulfide) groups is 1. The Balaban J connectivity index is 1.57. The fraction of sp³-hybridized carbons (Fsp3) is 0.385. The molecule has 2 heterocycles. The second kappa shape index (κ2) is 6.86. The maximum absolute atomic E-state index is 12.0. The van der Waals surface area contributed by atoms with Gasteiger partial charge in [0.15, 0.2) is 0 Å². The summed E-state index contributed by atoms with van der Waals surface area (Å²) < 4.78 is 1.54. The van der Waals surface area contributed by atoms with E-state index in [0.29, 0.717) is 5.16 Å². The minimum absolute atomic E-state index is 0.0809. The van der Waals surface area contributed by atoms with Gasteiger partial charge in [-0.3, -0.25) is 15.6 Å². The van der Waals surface area contributed by atoms with Crippen molar-refractivity contribution in [1.29, 1.82) is 0 Å². The molecule has 1 atom stereocenters. The maximum atomic E-state index is 12.0. The highest BCUT2D eigenvalue weighted by Gasteiger charge is 2.16. The van der Waals surface area contributed by atoms with Crippen LogP contribution in [0.25, 0.3) is 0 Å². The highest BCUT2D eigenvalue weighted by Crippen LogP contribution is 2.22. The number of aromatic nitrogens is 4. The number of hydrogen-bond acceptors (Lipinski definition) is 7. The van der Waals surface area contributed by atoms with Crippen LogP contribution in [0.1, 0.15) is 18.0 Å². The van der Waals surface area contributed by atoms with Gasteiger partial charge in [0.2, 0.25) is 11.1 Å². The third-order valence-electron chi connectivity index (χ3n) is 3.32. The van der Waals surface area contributed by atoms with E-state index >= 15 is 0 Å². The van der Waals surface area contributed by atoms with E-state index in [1.165, 1.54) is 16.4 Å². The molecule has 1 saturated heterocycles. The number of carbonyl (C=O) groups excluding carboxylic acids is 1. The average Bonchev–Trinajstić information content (AvgIpc) is 3.17. The highest BCUT2D eigenvalue weighted by atomic mass is 32.2. The van der Waals surface area contributed by atoms with Crippen molar-refractivity contribution in [2.45, 2.75) is 17.6 Å². The van der Waals surface area contributed by atoms with Crippen molar-refractivity contribution in [1.82, 2.24) is 31.1 Å². The van der Waals surface area contributed by atoms with E-state index < -0.39 is 0 Å². The molecule has 1 aromatic heterocycles. The number of nitrogens with one attached hydrogen (secondary N) is 3. The van der Waals surface area contributed by atoms with Crippen LogP contribution in [0, 0.1) is 0 Å². The Hall–Kier alpha value is -1.97. The first kappa shape index (κ1) is 14.9. The second-order valence-corrected chi connectivity index (χ2v) is 5.90. The van der Waals surface area contributed by atoms with Crippen LogP contribution in [0.15, 0.2) is 29.4 Å². The highest BCUT2D eigenvalue weighted by molar-refractivity contribution is 7.99. The Morgan fingerprint density at radius 3 is 3.18 bits per heavy atom. The van der Waals surface area contributed by atoms with Crippen LogP contribution in [0.4, 0.5) is 5.69 Å². The predicted molar refractivity (Wildman–Crippen MR) is 83.1 cm³/mol. The summed E-state index contributed by atoms with van der Waals surface area (Å²) in [5.41, 5.74) is 8.28. The first-order chi connectivity index (χ1) is 10.7. The van der Waals surface area contributed by atoms with Crippen LogP contribution in [-0.4, -0.2) is 38.4 Å². The molecule has 1 fully saturated rings. The van der Waals surface area contributed by atoms with Crippen LogP contribution in [0.5, 0.6) is 0 Å². The molecular weight excluding hydrogens is 302 g/mol. The van der Waals surface area contributed by atoms with E-state index in [9.17, 15) is 4.79 Å². The van der Waals surface area contributed by atoms with Gasteiger partial charge in [0, 0.05) is 25.3 Å². The van der Waals surface area contributed by atoms with E-state index in [0.717, 1.165) is 24.2 Å². The minimum atomic E-state index is -0.0809. The molecule has 0 bridgehead atoms. The Bertz CT molecular complexity index is 653. The quantitative estimate of drug-likeness (QED) is 0.690. The molecule has 0 spiro atoms. The van der Waals surface area contributed by atoms with E-state index in [1.54, 1.807) is 7.05 Å². The molecule has 0 saturated carbocycles. The third-order valence-corrected chi connectivity index (χ3v) is 4.33. The Morgan fingerprint density at radius 2 is 2.45 bits per heavy atom. The van der Waals surface area contributed by atoms with Gasteiger partial charge in [0.05, 0.1) is 5.75 Å². The van der Waals surface area contributed by atoms with Crippen molar-refractivity contribution in [2.24, 2.45) is 7.05 Å². The molecule has 0 aliphatic carbocycles. The van der Waals surface area contributed by atoms with Crippen LogP contribution in [0.2, 0.25) is 0 Å². The van der Waals surface area contributed by atoms with Gasteiger partial charge >= 0.3 is 0 Å². The van der Waals surface area contributed by atoms with Gasteiger partial charge in [-0.25, -0.2) is 4.68 Å². The van der Waals surface area contributed by atoms with Gasteiger partial charge in [0.1, 0.15) is 0 Å². The molecule has 116 valence electrons. The van der Waals surface area contributed by atoms with Crippen molar-refractivity contribution in [2.75, 3.05) is 17.6 Å². The molecule has 3 rings (SSSR count). The van der Waals surface area contributed by atoms with Gasteiger partial charge < -0.3 is 5.32 Å². The fourth-order valence-corrected chi connectivity index (χ4v) is 2.89. The lowest BCUT2D eigenvalue weighted by atomic mass is 10.1. The summed E-state index contributed by atoms with van der Waals surface area (Å²) in [4.78, 5) is 12.0. The zero-order valence-electron chi connectivity index (χ0n) is 12.1. The topological polar surface area (TPSA) is 96.8 Å². The number of amides is 1. The predicted octanol–water partition coefficient (Wildman–Crippen LogP) is 0.480. The number of aryl methyl sites for hydroxylation is 1. The smallest absolute Gasteiger partial charge is 0.234 e. The standard InChI is InChI=1S/C13H17N7OS/c1-20-13(17-18-19-20)22-8-12(21)15-10-4-2-3-9(7-10)11-5-6-14-16-11/h2-4,7,11,14,16H,5-6,8H2,1H3,(H,15,21). The summed E-state index contributed by atoms with van der Waals surface area (Å²) in [7, 11) is 1.74. The van der Waals surface area contributed by atoms with Crippen molar-refractivity contribution in [3.05, 3.63) is 29.8 Å². The molecule has 22 heavy (non-hydrogen) atoms. The summed E-state index contributed by atoms with van der Waals surface area (Å²) in [6, 6.07) is 8.18. The number of nitrogens with zero attached hydrogens (tertiary/aromatic N) is 4. The van der Waals surface area contributed by atoms with Gasteiger partial charge in [0.25, 0.3) is 0 Å². The van der Waals surface area contributed by atoms with E-state index in [4.69, 9.17) is 0 Å².